The molecule has 1 aromatic rings. The van der Waals surface area contributed by atoms with Gasteiger partial charge in [-0.25, -0.2) is 8.42 Å². The first-order chi connectivity index (χ1) is 8.49. The lowest BCUT2D eigenvalue weighted by molar-refractivity contribution is 0.0175. The van der Waals surface area contributed by atoms with Gasteiger partial charge >= 0.3 is 0 Å². The van der Waals surface area contributed by atoms with Gasteiger partial charge in [0.2, 0.25) is 0 Å². The summed E-state index contributed by atoms with van der Waals surface area (Å²) < 4.78 is 23.9. The average Bonchev–Trinajstić information content (AvgIpc) is 2.36. The summed E-state index contributed by atoms with van der Waals surface area (Å²) in [5.74, 6) is 2.53. The quantitative estimate of drug-likeness (QED) is 0.669. The molecule has 1 N–H and O–H groups in total. The van der Waals surface area contributed by atoms with Crippen molar-refractivity contribution in [3.8, 4) is 12.3 Å². The number of aliphatic hydroxyl groups is 1. The van der Waals surface area contributed by atoms with Crippen LogP contribution in [0.3, 0.4) is 0 Å². The summed E-state index contributed by atoms with van der Waals surface area (Å²) in [6, 6.07) is 6.70. The number of rotatable bonds is 3. The fourth-order valence-electron chi connectivity index (χ4n) is 2.41. The Morgan fingerprint density at radius 1 is 1.39 bits per heavy atom. The predicted octanol–water partition coefficient (Wildman–Crippen LogP) is 1.86. The molecule has 0 bridgehead atoms. The lowest BCUT2D eigenvalue weighted by atomic mass is 9.86. The van der Waals surface area contributed by atoms with Gasteiger partial charge < -0.3 is 5.11 Å². The summed E-state index contributed by atoms with van der Waals surface area (Å²) in [6.45, 7) is 0. The number of benzene rings is 1. The van der Waals surface area contributed by atoms with E-state index in [4.69, 9.17) is 6.42 Å². The molecule has 96 valence electrons. The summed E-state index contributed by atoms with van der Waals surface area (Å²) in [7, 11) is -3.24. The van der Waals surface area contributed by atoms with Crippen molar-refractivity contribution in [1.29, 1.82) is 0 Å². The maximum Gasteiger partial charge on any atom is 0.178 e. The second kappa shape index (κ2) is 4.75. The summed E-state index contributed by atoms with van der Waals surface area (Å²) in [5, 5.41) is 10.6. The van der Waals surface area contributed by atoms with Crippen LogP contribution in [0.4, 0.5) is 0 Å². The standard InChI is InChI=1S/C14H16O3S/c1-2-3-6-9-14(15)10-11-18(16,17)13-8-5-4-7-12(13)14/h1,4-5,7-8,15H,3,6,9-11H2. The molecule has 0 aliphatic carbocycles. The third kappa shape index (κ3) is 2.29. The zero-order valence-corrected chi connectivity index (χ0v) is 10.9. The molecule has 0 saturated carbocycles. The molecule has 1 aliphatic heterocycles. The van der Waals surface area contributed by atoms with E-state index < -0.39 is 15.4 Å². The highest BCUT2D eigenvalue weighted by Gasteiger charge is 2.39. The van der Waals surface area contributed by atoms with Gasteiger partial charge in [0.25, 0.3) is 0 Å². The van der Waals surface area contributed by atoms with Crippen LogP contribution in [0.1, 0.15) is 31.2 Å². The molecule has 18 heavy (non-hydrogen) atoms. The van der Waals surface area contributed by atoms with Crippen molar-refractivity contribution in [2.45, 2.75) is 36.2 Å². The molecule has 1 atom stereocenters. The maximum atomic E-state index is 11.9. The van der Waals surface area contributed by atoms with E-state index in [-0.39, 0.29) is 17.1 Å². The van der Waals surface area contributed by atoms with E-state index in [0.717, 1.165) is 0 Å². The van der Waals surface area contributed by atoms with Crippen molar-refractivity contribution >= 4 is 9.84 Å². The van der Waals surface area contributed by atoms with E-state index in [1.54, 1.807) is 24.3 Å². The van der Waals surface area contributed by atoms with Crippen LogP contribution in [-0.4, -0.2) is 19.3 Å². The van der Waals surface area contributed by atoms with Gasteiger partial charge in [-0.05, 0) is 25.3 Å². The molecule has 0 saturated heterocycles. The van der Waals surface area contributed by atoms with Crippen LogP contribution in [0, 0.1) is 12.3 Å². The number of fused-ring (bicyclic) bond motifs is 1. The Kier molecular flexibility index (Phi) is 3.47. The highest BCUT2D eigenvalue weighted by molar-refractivity contribution is 7.91. The van der Waals surface area contributed by atoms with Crippen molar-refractivity contribution < 1.29 is 13.5 Å². The summed E-state index contributed by atoms with van der Waals surface area (Å²) in [5.41, 5.74) is -0.535. The SMILES string of the molecule is C#CCCCC1(O)CCS(=O)(=O)c2ccccc21. The molecule has 4 heteroatoms. The minimum atomic E-state index is -3.24. The fraction of sp³-hybridized carbons (Fsp3) is 0.429. The Bertz CT molecular complexity index is 583. The van der Waals surface area contributed by atoms with E-state index in [1.165, 1.54) is 0 Å². The van der Waals surface area contributed by atoms with Crippen LogP contribution in [-0.2, 0) is 15.4 Å². The number of unbranched alkanes of at least 4 members (excludes halogenated alkanes) is 1. The summed E-state index contributed by atoms with van der Waals surface area (Å²) >= 11 is 0. The lowest BCUT2D eigenvalue weighted by Crippen LogP contribution is -2.35. The van der Waals surface area contributed by atoms with Crippen LogP contribution >= 0.6 is 0 Å². The van der Waals surface area contributed by atoms with E-state index >= 15 is 0 Å². The molecule has 0 radical (unpaired) electrons. The number of hydrogen-bond acceptors (Lipinski definition) is 3. The Balaban J connectivity index is 2.39. The lowest BCUT2D eigenvalue weighted by Gasteiger charge is -2.34. The number of sulfone groups is 1. The first-order valence-corrected chi connectivity index (χ1v) is 7.63. The molecule has 3 nitrogen and oxygen atoms in total. The smallest absolute Gasteiger partial charge is 0.178 e. The molecule has 0 amide bonds. The van der Waals surface area contributed by atoms with E-state index in [2.05, 4.69) is 5.92 Å². The van der Waals surface area contributed by atoms with Crippen LogP contribution in [0.15, 0.2) is 29.2 Å². The largest absolute Gasteiger partial charge is 0.385 e. The number of terminal acetylenes is 1. The molecule has 2 rings (SSSR count). The molecule has 1 heterocycles. The van der Waals surface area contributed by atoms with Gasteiger partial charge in [0.05, 0.1) is 16.2 Å². The van der Waals surface area contributed by atoms with Gasteiger partial charge in [0.15, 0.2) is 9.84 Å². The van der Waals surface area contributed by atoms with Crippen molar-refractivity contribution in [1.82, 2.24) is 0 Å². The highest BCUT2D eigenvalue weighted by Crippen LogP contribution is 2.39. The molecule has 0 aromatic heterocycles. The Morgan fingerprint density at radius 2 is 2.11 bits per heavy atom. The van der Waals surface area contributed by atoms with Crippen LogP contribution in [0.5, 0.6) is 0 Å². The topological polar surface area (TPSA) is 54.4 Å². The Hall–Kier alpha value is -1.31. The van der Waals surface area contributed by atoms with Crippen molar-refractivity contribution in [3.63, 3.8) is 0 Å². The fourth-order valence-corrected chi connectivity index (χ4v) is 4.12. The van der Waals surface area contributed by atoms with Crippen LogP contribution in [0.2, 0.25) is 0 Å². The molecule has 0 fully saturated rings. The van der Waals surface area contributed by atoms with Gasteiger partial charge in [0.1, 0.15) is 0 Å². The van der Waals surface area contributed by atoms with E-state index in [9.17, 15) is 13.5 Å². The predicted molar refractivity (Wildman–Crippen MR) is 69.7 cm³/mol. The third-order valence-corrected chi connectivity index (χ3v) is 5.19. The Morgan fingerprint density at radius 3 is 2.83 bits per heavy atom. The normalized spacial score (nSPS) is 25.1. The van der Waals surface area contributed by atoms with Crippen LogP contribution < -0.4 is 0 Å². The second-order valence-electron chi connectivity index (χ2n) is 4.65. The highest BCUT2D eigenvalue weighted by atomic mass is 32.2. The van der Waals surface area contributed by atoms with Gasteiger partial charge in [-0.15, -0.1) is 12.3 Å². The van der Waals surface area contributed by atoms with E-state index in [0.29, 0.717) is 24.8 Å². The maximum absolute atomic E-state index is 11.9. The van der Waals surface area contributed by atoms with Crippen LogP contribution in [0.25, 0.3) is 0 Å². The number of hydrogen-bond donors (Lipinski definition) is 1. The first-order valence-electron chi connectivity index (χ1n) is 5.98. The van der Waals surface area contributed by atoms with Gasteiger partial charge in [0, 0.05) is 12.0 Å². The molecule has 1 aromatic carbocycles. The first kappa shape index (κ1) is 13.1. The van der Waals surface area contributed by atoms with Crippen molar-refractivity contribution in [2.24, 2.45) is 0 Å². The molecular weight excluding hydrogens is 248 g/mol. The van der Waals surface area contributed by atoms with Crippen molar-refractivity contribution in [3.05, 3.63) is 29.8 Å². The second-order valence-corrected chi connectivity index (χ2v) is 6.73. The molecular formula is C14H16O3S. The Labute approximate surface area is 108 Å². The minimum absolute atomic E-state index is 0.00341. The molecule has 0 spiro atoms. The monoisotopic (exact) mass is 264 g/mol. The summed E-state index contributed by atoms with van der Waals surface area (Å²) in [4.78, 5) is 0.263. The zero-order valence-electron chi connectivity index (χ0n) is 10.1. The molecule has 1 unspecified atom stereocenters. The minimum Gasteiger partial charge on any atom is -0.385 e. The summed E-state index contributed by atoms with van der Waals surface area (Å²) in [6.07, 6.45) is 7.24. The third-order valence-electron chi connectivity index (χ3n) is 3.42. The van der Waals surface area contributed by atoms with Gasteiger partial charge in [-0.2, -0.15) is 0 Å². The van der Waals surface area contributed by atoms with Crippen molar-refractivity contribution in [2.75, 3.05) is 5.75 Å². The van der Waals surface area contributed by atoms with E-state index in [1.807, 2.05) is 0 Å². The molecule has 1 aliphatic rings. The van der Waals surface area contributed by atoms with Gasteiger partial charge in [-0.1, -0.05) is 18.2 Å². The zero-order chi connectivity index (χ0) is 13.2. The average molecular weight is 264 g/mol. The van der Waals surface area contributed by atoms with Gasteiger partial charge in [-0.3, -0.25) is 0 Å².